The number of carbonyl (C=O) groups excluding carboxylic acids is 1. The van der Waals surface area contributed by atoms with Crippen LogP contribution >= 0.6 is 15.9 Å². The standard InChI is InChI=1S/C16H16BrN3O5S/c1-11(16(21)18-13-6-3-5-12(17)9-13)19(26(2,24)25)14-7-4-8-15(10-14)20(22)23/h3-11H,1-2H3,(H,18,21)/t11-/m0/s1. The average molecular weight is 442 g/mol. The molecule has 2 aromatic rings. The SMILES string of the molecule is C[C@@H](C(=O)Nc1cccc(Br)c1)N(c1cccc([N+](=O)[O-])c1)S(C)(=O)=O. The van der Waals surface area contributed by atoms with Gasteiger partial charge >= 0.3 is 0 Å². The molecule has 2 aromatic carbocycles. The van der Waals surface area contributed by atoms with E-state index in [0.717, 1.165) is 21.1 Å². The van der Waals surface area contributed by atoms with Gasteiger partial charge in [0.1, 0.15) is 6.04 Å². The molecule has 0 aliphatic rings. The molecule has 1 atom stereocenters. The minimum absolute atomic E-state index is 0.0404. The Labute approximate surface area is 159 Å². The van der Waals surface area contributed by atoms with E-state index in [9.17, 15) is 23.3 Å². The predicted octanol–water partition coefficient (Wildman–Crippen LogP) is 3.15. The molecule has 0 aliphatic carbocycles. The second kappa shape index (κ2) is 7.83. The molecule has 26 heavy (non-hydrogen) atoms. The van der Waals surface area contributed by atoms with Gasteiger partial charge in [-0.1, -0.05) is 28.1 Å². The van der Waals surface area contributed by atoms with Gasteiger partial charge in [0.2, 0.25) is 15.9 Å². The topological polar surface area (TPSA) is 110 Å². The highest BCUT2D eigenvalue weighted by molar-refractivity contribution is 9.10. The van der Waals surface area contributed by atoms with Crippen LogP contribution in [0.2, 0.25) is 0 Å². The highest BCUT2D eigenvalue weighted by Crippen LogP contribution is 2.26. The van der Waals surface area contributed by atoms with Crippen LogP contribution in [0.4, 0.5) is 17.1 Å². The number of nitrogens with one attached hydrogen (secondary N) is 1. The van der Waals surface area contributed by atoms with E-state index in [0.29, 0.717) is 5.69 Å². The van der Waals surface area contributed by atoms with Gasteiger partial charge in [-0.15, -0.1) is 0 Å². The second-order valence-corrected chi connectivity index (χ2v) is 8.29. The number of benzene rings is 2. The second-order valence-electron chi connectivity index (χ2n) is 5.51. The highest BCUT2D eigenvalue weighted by Gasteiger charge is 2.30. The lowest BCUT2D eigenvalue weighted by Gasteiger charge is -2.28. The number of hydrogen-bond donors (Lipinski definition) is 1. The van der Waals surface area contributed by atoms with Crippen molar-refractivity contribution in [2.45, 2.75) is 13.0 Å². The monoisotopic (exact) mass is 441 g/mol. The molecular formula is C16H16BrN3O5S. The van der Waals surface area contributed by atoms with E-state index in [1.807, 2.05) is 0 Å². The van der Waals surface area contributed by atoms with Gasteiger partial charge in [0.25, 0.3) is 5.69 Å². The number of nitro benzene ring substituents is 1. The third-order valence-electron chi connectivity index (χ3n) is 3.48. The average Bonchev–Trinajstić information content (AvgIpc) is 2.53. The summed E-state index contributed by atoms with van der Waals surface area (Å²) < 4.78 is 26.1. The van der Waals surface area contributed by atoms with E-state index in [1.54, 1.807) is 24.3 Å². The number of carbonyl (C=O) groups is 1. The molecular weight excluding hydrogens is 426 g/mol. The van der Waals surface area contributed by atoms with Crippen molar-refractivity contribution in [3.05, 3.63) is 63.1 Å². The summed E-state index contributed by atoms with van der Waals surface area (Å²) in [5, 5.41) is 13.6. The van der Waals surface area contributed by atoms with Crippen molar-refractivity contribution in [2.75, 3.05) is 15.9 Å². The Hall–Kier alpha value is -2.46. The molecule has 138 valence electrons. The molecule has 8 nitrogen and oxygen atoms in total. The fourth-order valence-electron chi connectivity index (χ4n) is 2.37. The first-order valence-electron chi connectivity index (χ1n) is 7.40. The molecule has 0 unspecified atom stereocenters. The van der Waals surface area contributed by atoms with E-state index < -0.39 is 26.9 Å². The summed E-state index contributed by atoms with van der Waals surface area (Å²) in [7, 11) is -3.86. The van der Waals surface area contributed by atoms with Gasteiger partial charge in [-0.3, -0.25) is 19.2 Å². The van der Waals surface area contributed by atoms with Gasteiger partial charge in [-0.05, 0) is 31.2 Å². The number of anilines is 2. The highest BCUT2D eigenvalue weighted by atomic mass is 79.9. The van der Waals surface area contributed by atoms with Crippen molar-refractivity contribution in [1.29, 1.82) is 0 Å². The number of halogens is 1. The van der Waals surface area contributed by atoms with Crippen LogP contribution in [0.1, 0.15) is 6.92 Å². The van der Waals surface area contributed by atoms with Crippen LogP contribution in [0.15, 0.2) is 53.0 Å². The van der Waals surface area contributed by atoms with Crippen molar-refractivity contribution < 1.29 is 18.1 Å². The first kappa shape index (κ1) is 19.9. The third-order valence-corrected chi connectivity index (χ3v) is 5.21. The van der Waals surface area contributed by atoms with Gasteiger partial charge in [0.15, 0.2) is 0 Å². The minimum Gasteiger partial charge on any atom is -0.324 e. The Balaban J connectivity index is 2.36. The number of sulfonamides is 1. The fourth-order valence-corrected chi connectivity index (χ4v) is 3.93. The molecule has 1 amide bonds. The summed E-state index contributed by atoms with van der Waals surface area (Å²) >= 11 is 3.29. The van der Waals surface area contributed by atoms with Crippen molar-refractivity contribution in [1.82, 2.24) is 0 Å². The summed E-state index contributed by atoms with van der Waals surface area (Å²) in [4.78, 5) is 22.9. The van der Waals surface area contributed by atoms with Gasteiger partial charge < -0.3 is 5.32 Å². The van der Waals surface area contributed by atoms with Crippen molar-refractivity contribution >= 4 is 48.9 Å². The minimum atomic E-state index is -3.86. The van der Waals surface area contributed by atoms with Crippen LogP contribution in [-0.4, -0.2) is 31.5 Å². The number of amides is 1. The lowest BCUT2D eigenvalue weighted by atomic mass is 10.2. The third kappa shape index (κ3) is 4.79. The van der Waals surface area contributed by atoms with Crippen LogP contribution in [0, 0.1) is 10.1 Å². The summed E-state index contributed by atoms with van der Waals surface area (Å²) in [6.45, 7) is 1.41. The molecule has 0 fully saturated rings. The van der Waals surface area contributed by atoms with Crippen LogP contribution < -0.4 is 9.62 Å². The van der Waals surface area contributed by atoms with Gasteiger partial charge in [0, 0.05) is 22.3 Å². The Morgan fingerprint density at radius 1 is 1.23 bits per heavy atom. The van der Waals surface area contributed by atoms with Crippen molar-refractivity contribution in [3.63, 3.8) is 0 Å². The van der Waals surface area contributed by atoms with Crippen LogP contribution in [0.25, 0.3) is 0 Å². The number of non-ortho nitro benzene ring substituents is 1. The molecule has 1 N–H and O–H groups in total. The molecule has 0 aromatic heterocycles. The summed E-state index contributed by atoms with van der Waals surface area (Å²) in [6, 6.07) is 10.8. The Bertz CT molecular complexity index is 948. The van der Waals surface area contributed by atoms with Crippen molar-refractivity contribution in [3.8, 4) is 0 Å². The van der Waals surface area contributed by atoms with E-state index in [4.69, 9.17) is 0 Å². The zero-order valence-electron chi connectivity index (χ0n) is 13.9. The summed E-state index contributed by atoms with van der Waals surface area (Å²) in [6.07, 6.45) is 0.939. The van der Waals surface area contributed by atoms with Gasteiger partial charge in [-0.25, -0.2) is 8.42 Å². The maximum absolute atomic E-state index is 12.5. The first-order valence-corrected chi connectivity index (χ1v) is 10.0. The Morgan fingerprint density at radius 3 is 2.46 bits per heavy atom. The Morgan fingerprint density at radius 2 is 1.88 bits per heavy atom. The predicted molar refractivity (Wildman–Crippen MR) is 103 cm³/mol. The maximum Gasteiger partial charge on any atom is 0.271 e. The number of hydrogen-bond acceptors (Lipinski definition) is 5. The number of rotatable bonds is 6. The normalized spacial score (nSPS) is 12.3. The van der Waals surface area contributed by atoms with E-state index in [1.165, 1.54) is 25.1 Å². The van der Waals surface area contributed by atoms with Crippen LogP contribution in [0.5, 0.6) is 0 Å². The number of nitro groups is 1. The van der Waals surface area contributed by atoms with E-state index >= 15 is 0 Å². The van der Waals surface area contributed by atoms with Gasteiger partial charge in [0.05, 0.1) is 16.9 Å². The zero-order chi connectivity index (χ0) is 19.5. The summed E-state index contributed by atoms with van der Waals surface area (Å²) in [5.74, 6) is -0.569. The van der Waals surface area contributed by atoms with Crippen LogP contribution in [0.3, 0.4) is 0 Å². The van der Waals surface area contributed by atoms with E-state index in [2.05, 4.69) is 21.2 Å². The Kier molecular flexibility index (Phi) is 5.98. The van der Waals surface area contributed by atoms with Crippen LogP contribution in [-0.2, 0) is 14.8 Å². The molecule has 2 rings (SSSR count). The molecule has 0 saturated carbocycles. The molecule has 0 saturated heterocycles. The summed E-state index contributed by atoms with van der Waals surface area (Å²) in [5.41, 5.74) is 0.262. The van der Waals surface area contributed by atoms with Crippen molar-refractivity contribution in [2.24, 2.45) is 0 Å². The molecule has 0 radical (unpaired) electrons. The maximum atomic E-state index is 12.5. The van der Waals surface area contributed by atoms with Gasteiger partial charge in [-0.2, -0.15) is 0 Å². The molecule has 10 heteroatoms. The molecule has 0 bridgehead atoms. The lowest BCUT2D eigenvalue weighted by molar-refractivity contribution is -0.384. The van der Waals surface area contributed by atoms with E-state index in [-0.39, 0.29) is 11.4 Å². The fraction of sp³-hybridized carbons (Fsp3) is 0.188. The lowest BCUT2D eigenvalue weighted by Crippen LogP contribution is -2.45. The largest absolute Gasteiger partial charge is 0.324 e. The number of nitrogens with zero attached hydrogens (tertiary/aromatic N) is 2. The molecule has 0 aliphatic heterocycles. The smallest absolute Gasteiger partial charge is 0.271 e. The quantitative estimate of drug-likeness (QED) is 0.546. The first-order chi connectivity index (χ1) is 12.1. The molecule has 0 spiro atoms. The molecule has 0 heterocycles. The zero-order valence-corrected chi connectivity index (χ0v) is 16.3.